The number of rotatable bonds is 5. The Morgan fingerprint density at radius 2 is 1.07 bits per heavy atom. The van der Waals surface area contributed by atoms with Crippen molar-refractivity contribution in [2.24, 2.45) is 7.05 Å². The molecule has 8 aromatic rings. The van der Waals surface area contributed by atoms with Crippen LogP contribution in [0, 0.1) is 20.8 Å². The van der Waals surface area contributed by atoms with Crippen LogP contribution in [0.4, 0.5) is 17.1 Å². The number of para-hydroxylation sites is 2. The molecule has 9 rings (SSSR count). The summed E-state index contributed by atoms with van der Waals surface area (Å²) in [5, 5.41) is 3.84. The van der Waals surface area contributed by atoms with Crippen LogP contribution in [0.15, 0.2) is 171 Å². The third-order valence-corrected chi connectivity index (χ3v) is 10.9. The molecule has 55 heavy (non-hydrogen) atoms. The minimum atomic E-state index is -0.0610. The largest absolute Gasteiger partial charge is 0.344 e. The zero-order valence-electron chi connectivity index (χ0n) is 33.0. The van der Waals surface area contributed by atoms with Gasteiger partial charge in [-0.1, -0.05) is 165 Å². The van der Waals surface area contributed by atoms with Crippen LogP contribution < -0.4 is 4.90 Å². The lowest BCUT2D eigenvalue weighted by atomic mass is 9.81. The van der Waals surface area contributed by atoms with Gasteiger partial charge in [0.2, 0.25) is 0 Å². The molecule has 1 heterocycles. The second-order valence-electron chi connectivity index (χ2n) is 15.0. The van der Waals surface area contributed by atoms with Gasteiger partial charge in [-0.05, 0) is 97.0 Å². The maximum Gasteiger partial charge on any atom is 0.0543 e. The fourth-order valence-electron chi connectivity index (χ4n) is 8.05. The Balaban J connectivity index is 0.000000173. The van der Waals surface area contributed by atoms with E-state index >= 15 is 0 Å². The zero-order valence-corrected chi connectivity index (χ0v) is 33.0. The average Bonchev–Trinajstić information content (AvgIpc) is 3.61. The molecule has 0 saturated carbocycles. The molecule has 1 aliphatic carbocycles. The first-order chi connectivity index (χ1) is 26.6. The number of hydrogen-bond donors (Lipinski definition) is 0. The third-order valence-electron chi connectivity index (χ3n) is 10.9. The van der Waals surface area contributed by atoms with Crippen LogP contribution in [0.2, 0.25) is 0 Å². The second kappa shape index (κ2) is 15.5. The van der Waals surface area contributed by atoms with E-state index in [1.807, 2.05) is 30.4 Å². The number of aryl methyl sites for hydroxylation is 4. The highest BCUT2D eigenvalue weighted by Crippen LogP contribution is 2.54. The maximum absolute atomic E-state index is 3.87. The van der Waals surface area contributed by atoms with E-state index in [2.05, 4.69) is 204 Å². The van der Waals surface area contributed by atoms with Gasteiger partial charge in [0.05, 0.1) is 5.69 Å². The summed E-state index contributed by atoms with van der Waals surface area (Å²) in [5.41, 5.74) is 16.5. The van der Waals surface area contributed by atoms with E-state index in [9.17, 15) is 0 Å². The van der Waals surface area contributed by atoms with Crippen molar-refractivity contribution >= 4 is 50.9 Å². The van der Waals surface area contributed by atoms with Crippen molar-refractivity contribution in [3.63, 3.8) is 0 Å². The molecule has 0 radical (unpaired) electrons. The first-order valence-corrected chi connectivity index (χ1v) is 19.1. The normalized spacial score (nSPS) is 12.1. The van der Waals surface area contributed by atoms with Gasteiger partial charge >= 0.3 is 0 Å². The van der Waals surface area contributed by atoms with Crippen LogP contribution in [-0.2, 0) is 12.5 Å². The Morgan fingerprint density at radius 1 is 0.527 bits per heavy atom. The van der Waals surface area contributed by atoms with Crippen molar-refractivity contribution in [2.75, 3.05) is 4.90 Å². The summed E-state index contributed by atoms with van der Waals surface area (Å²) >= 11 is 0. The summed E-state index contributed by atoms with van der Waals surface area (Å²) in [6, 6.07) is 56.4. The predicted molar refractivity (Wildman–Crippen MR) is 240 cm³/mol. The van der Waals surface area contributed by atoms with Gasteiger partial charge in [-0.3, -0.25) is 0 Å². The van der Waals surface area contributed by atoms with E-state index in [4.69, 9.17) is 0 Å². The zero-order chi connectivity index (χ0) is 38.7. The Bertz CT molecular complexity index is 2590. The average molecular weight is 715 g/mol. The van der Waals surface area contributed by atoms with Gasteiger partial charge in [-0.2, -0.15) is 0 Å². The SMILES string of the molecule is C=Cc1c(C=C)n(C)c2ccc(C)cc12.Cc1ccc2c(c1)C(C)(C)c1cc(N(c3ccccc3)c3ccccc3)c3ccccc3c1-2.Cc1ccccc1. The van der Waals surface area contributed by atoms with Crippen LogP contribution in [0.5, 0.6) is 0 Å². The molecule has 7 aromatic carbocycles. The van der Waals surface area contributed by atoms with Gasteiger partial charge in [0, 0.05) is 51.4 Å². The summed E-state index contributed by atoms with van der Waals surface area (Å²) in [6.07, 6.45) is 3.78. The number of aromatic nitrogens is 1. The highest BCUT2D eigenvalue weighted by Gasteiger charge is 2.37. The molecule has 0 N–H and O–H groups in total. The monoisotopic (exact) mass is 714 g/mol. The molecule has 0 fully saturated rings. The highest BCUT2D eigenvalue weighted by molar-refractivity contribution is 6.10. The minimum absolute atomic E-state index is 0.0610. The van der Waals surface area contributed by atoms with Crippen LogP contribution in [-0.4, -0.2) is 4.57 Å². The predicted octanol–water partition coefficient (Wildman–Crippen LogP) is 14.7. The summed E-state index contributed by atoms with van der Waals surface area (Å²) in [4.78, 5) is 2.40. The van der Waals surface area contributed by atoms with Crippen LogP contribution in [0.25, 0.3) is 45.0 Å². The molecule has 272 valence electrons. The second-order valence-corrected chi connectivity index (χ2v) is 15.0. The quantitative estimate of drug-likeness (QED) is 0.172. The Hall–Kier alpha value is -6.38. The van der Waals surface area contributed by atoms with Gasteiger partial charge in [0.25, 0.3) is 0 Å². The molecule has 0 amide bonds. The van der Waals surface area contributed by atoms with Gasteiger partial charge in [0.1, 0.15) is 0 Å². The van der Waals surface area contributed by atoms with E-state index in [0.29, 0.717) is 0 Å². The van der Waals surface area contributed by atoms with Crippen molar-refractivity contribution in [3.8, 4) is 11.1 Å². The molecule has 0 spiro atoms. The number of anilines is 3. The van der Waals surface area contributed by atoms with Gasteiger partial charge in [0.15, 0.2) is 0 Å². The molecule has 1 aliphatic rings. The summed E-state index contributed by atoms with van der Waals surface area (Å²) < 4.78 is 2.15. The van der Waals surface area contributed by atoms with Crippen molar-refractivity contribution in [3.05, 3.63) is 210 Å². The van der Waals surface area contributed by atoms with Crippen molar-refractivity contribution < 1.29 is 0 Å². The van der Waals surface area contributed by atoms with Crippen molar-refractivity contribution in [2.45, 2.75) is 40.0 Å². The van der Waals surface area contributed by atoms with E-state index in [1.54, 1.807) is 0 Å². The lowest BCUT2D eigenvalue weighted by Gasteiger charge is -2.29. The number of hydrogen-bond acceptors (Lipinski definition) is 1. The highest BCUT2D eigenvalue weighted by atomic mass is 15.1. The maximum atomic E-state index is 3.87. The minimum Gasteiger partial charge on any atom is -0.344 e. The Morgan fingerprint density at radius 3 is 1.64 bits per heavy atom. The molecular formula is C53H50N2. The summed E-state index contributed by atoms with van der Waals surface area (Å²) in [6.45, 7) is 18.8. The molecule has 0 atom stereocenters. The Labute approximate surface area is 327 Å². The van der Waals surface area contributed by atoms with E-state index < -0.39 is 0 Å². The van der Waals surface area contributed by atoms with Crippen LogP contribution in [0.1, 0.15) is 52.9 Å². The summed E-state index contributed by atoms with van der Waals surface area (Å²) in [7, 11) is 2.06. The summed E-state index contributed by atoms with van der Waals surface area (Å²) in [5.74, 6) is 0. The molecule has 2 heteroatoms. The van der Waals surface area contributed by atoms with Gasteiger partial charge in [-0.25, -0.2) is 0 Å². The smallest absolute Gasteiger partial charge is 0.0543 e. The molecule has 0 unspecified atom stereocenters. The topological polar surface area (TPSA) is 8.17 Å². The lowest BCUT2D eigenvalue weighted by Crippen LogP contribution is -2.17. The number of fused-ring (bicyclic) bond motifs is 6. The van der Waals surface area contributed by atoms with E-state index in [1.165, 1.54) is 71.9 Å². The molecule has 2 nitrogen and oxygen atoms in total. The molecule has 0 bridgehead atoms. The Kier molecular flexibility index (Phi) is 10.4. The first-order valence-electron chi connectivity index (χ1n) is 19.1. The van der Waals surface area contributed by atoms with Gasteiger partial charge < -0.3 is 9.47 Å². The van der Waals surface area contributed by atoms with E-state index in [0.717, 1.165) is 17.1 Å². The molecule has 0 aliphatic heterocycles. The first kappa shape index (κ1) is 37.0. The fraction of sp³-hybridized carbons (Fsp3) is 0.132. The number of nitrogens with zero attached hydrogens (tertiary/aromatic N) is 2. The molecular weight excluding hydrogens is 665 g/mol. The van der Waals surface area contributed by atoms with Crippen LogP contribution >= 0.6 is 0 Å². The van der Waals surface area contributed by atoms with Crippen LogP contribution in [0.3, 0.4) is 0 Å². The standard InChI is InChI=1S/C32H27N.C14H15N.C7H8/c1-22-18-19-27-28(20-22)32(2,3)29-21-30(25-16-10-11-17-26(25)31(27)29)33(23-12-6-4-7-13-23)24-14-8-5-9-15-24;1-5-11-12-9-10(3)7-8-14(12)15(4)13(11)6-2;1-7-5-3-2-4-6-7/h4-21H,1-3H3;5-9H,1-2H2,3-4H3;2-6H,1H3. The van der Waals surface area contributed by atoms with Crippen molar-refractivity contribution in [1.82, 2.24) is 4.57 Å². The lowest BCUT2D eigenvalue weighted by molar-refractivity contribution is 0.660. The van der Waals surface area contributed by atoms with Crippen molar-refractivity contribution in [1.29, 1.82) is 0 Å². The molecule has 1 aromatic heterocycles. The van der Waals surface area contributed by atoms with Gasteiger partial charge in [-0.15, -0.1) is 0 Å². The van der Waals surface area contributed by atoms with E-state index in [-0.39, 0.29) is 5.41 Å². The number of benzene rings is 7. The third kappa shape index (κ3) is 7.04. The fourth-order valence-corrected chi connectivity index (χ4v) is 8.05. The molecule has 0 saturated heterocycles.